The number of ether oxygens (including phenoxy) is 3. The molecule has 0 aliphatic carbocycles. The number of hydrogen-bond donors (Lipinski definition) is 0. The largest absolute Gasteiger partial charge is 0.494 e. The van der Waals surface area contributed by atoms with E-state index in [2.05, 4.69) is 13.8 Å². The number of rotatable bonds is 21. The highest BCUT2D eigenvalue weighted by molar-refractivity contribution is 5.91. The predicted molar refractivity (Wildman–Crippen MR) is 170 cm³/mol. The average Bonchev–Trinajstić information content (AvgIpc) is 3.04. The number of unbranched alkanes of at least 4 members (excludes halogenated alkanes) is 12. The second-order valence-electron chi connectivity index (χ2n) is 11.2. The van der Waals surface area contributed by atoms with E-state index in [1.54, 1.807) is 12.1 Å². The summed E-state index contributed by atoms with van der Waals surface area (Å²) in [7, 11) is 0. The summed E-state index contributed by atoms with van der Waals surface area (Å²) in [6.07, 6.45) is 16.0. The number of esters is 1. The lowest BCUT2D eigenvalue weighted by molar-refractivity contribution is 0.0725. The van der Waals surface area contributed by atoms with Crippen LogP contribution in [0.15, 0.2) is 54.6 Å². The molecule has 0 N–H and O–H groups in total. The summed E-state index contributed by atoms with van der Waals surface area (Å²) in [5.41, 5.74) is 1.93. The molecule has 0 saturated carbocycles. The van der Waals surface area contributed by atoms with Crippen molar-refractivity contribution in [2.24, 2.45) is 0 Å². The van der Waals surface area contributed by atoms with Gasteiger partial charge in [-0.05, 0) is 48.2 Å². The summed E-state index contributed by atoms with van der Waals surface area (Å²) in [5, 5.41) is 0. The first-order chi connectivity index (χ1) is 21.4. The molecule has 3 rings (SSSR count). The maximum atomic E-state index is 14.4. The molecular formula is C37H47F3O4. The van der Waals surface area contributed by atoms with Crippen molar-refractivity contribution in [3.63, 3.8) is 0 Å². The van der Waals surface area contributed by atoms with Crippen molar-refractivity contribution < 1.29 is 32.2 Å². The van der Waals surface area contributed by atoms with Gasteiger partial charge in [-0.1, -0.05) is 115 Å². The smallest absolute Gasteiger partial charge is 0.343 e. The molecule has 0 radical (unpaired) electrons. The highest BCUT2D eigenvalue weighted by Gasteiger charge is 2.23. The van der Waals surface area contributed by atoms with Crippen molar-refractivity contribution in [2.75, 3.05) is 13.2 Å². The Morgan fingerprint density at radius 3 is 1.55 bits per heavy atom. The van der Waals surface area contributed by atoms with Gasteiger partial charge in [0.2, 0.25) is 17.5 Å². The Morgan fingerprint density at radius 1 is 0.545 bits per heavy atom. The average molecular weight is 613 g/mol. The molecule has 0 spiro atoms. The van der Waals surface area contributed by atoms with E-state index in [1.807, 2.05) is 24.3 Å². The van der Waals surface area contributed by atoms with Crippen LogP contribution in [0, 0.1) is 17.5 Å². The fourth-order valence-electron chi connectivity index (χ4n) is 4.93. The van der Waals surface area contributed by atoms with Gasteiger partial charge in [0.25, 0.3) is 0 Å². The Labute approximate surface area is 260 Å². The molecule has 0 unspecified atom stereocenters. The minimum Gasteiger partial charge on any atom is -0.494 e. The van der Waals surface area contributed by atoms with Crippen LogP contribution < -0.4 is 14.2 Å². The summed E-state index contributed by atoms with van der Waals surface area (Å²) < 4.78 is 59.3. The zero-order valence-electron chi connectivity index (χ0n) is 26.3. The lowest BCUT2D eigenvalue weighted by Crippen LogP contribution is -2.11. The summed E-state index contributed by atoms with van der Waals surface area (Å²) in [5.74, 6) is -6.06. The molecule has 44 heavy (non-hydrogen) atoms. The van der Waals surface area contributed by atoms with Gasteiger partial charge in [0.05, 0.1) is 18.8 Å². The first kappa shape index (κ1) is 35.0. The summed E-state index contributed by atoms with van der Waals surface area (Å²) in [6.45, 7) is 5.20. The van der Waals surface area contributed by atoms with E-state index in [9.17, 15) is 18.0 Å². The van der Waals surface area contributed by atoms with Gasteiger partial charge >= 0.3 is 5.97 Å². The van der Waals surface area contributed by atoms with Crippen LogP contribution in [-0.4, -0.2) is 19.2 Å². The highest BCUT2D eigenvalue weighted by atomic mass is 19.2. The van der Waals surface area contributed by atoms with Gasteiger partial charge in [-0.25, -0.2) is 9.18 Å². The van der Waals surface area contributed by atoms with E-state index in [0.717, 1.165) is 61.5 Å². The number of carbonyl (C=O) groups excluding carboxylic acids is 1. The highest BCUT2D eigenvalue weighted by Crippen LogP contribution is 2.31. The van der Waals surface area contributed by atoms with Crippen LogP contribution in [-0.2, 0) is 0 Å². The molecule has 7 heteroatoms. The van der Waals surface area contributed by atoms with Crippen LogP contribution in [0.4, 0.5) is 13.2 Å². The van der Waals surface area contributed by atoms with E-state index in [4.69, 9.17) is 14.2 Å². The standard InChI is InChI=1S/C37H47F3O4/c1-3-5-7-9-11-12-14-15-25-42-31-23-21-29(22-24-31)28-17-19-30(20-18-28)37(41)44-33-27-32(34(38)36(40)35(33)39)43-26-16-13-10-8-6-4-2/h17-24,27H,3-16,25-26H2,1-2H3. The van der Waals surface area contributed by atoms with Gasteiger partial charge in [-0.3, -0.25) is 0 Å². The summed E-state index contributed by atoms with van der Waals surface area (Å²) >= 11 is 0. The Morgan fingerprint density at radius 2 is 1.00 bits per heavy atom. The minimum atomic E-state index is -1.74. The second-order valence-corrected chi connectivity index (χ2v) is 11.2. The van der Waals surface area contributed by atoms with Crippen LogP contribution in [0.25, 0.3) is 11.1 Å². The van der Waals surface area contributed by atoms with Gasteiger partial charge in [0.15, 0.2) is 11.5 Å². The van der Waals surface area contributed by atoms with Crippen molar-refractivity contribution in [2.45, 2.75) is 104 Å². The normalized spacial score (nSPS) is 11.0. The molecule has 0 fully saturated rings. The molecule has 0 bridgehead atoms. The molecule has 0 amide bonds. The summed E-state index contributed by atoms with van der Waals surface area (Å²) in [4.78, 5) is 12.7. The molecule has 4 nitrogen and oxygen atoms in total. The molecule has 0 saturated heterocycles. The third-order valence-electron chi connectivity index (χ3n) is 7.61. The maximum Gasteiger partial charge on any atom is 0.343 e. The van der Waals surface area contributed by atoms with E-state index in [0.29, 0.717) is 13.0 Å². The third kappa shape index (κ3) is 11.5. The summed E-state index contributed by atoms with van der Waals surface area (Å²) in [6, 6.07) is 15.2. The Balaban J connectivity index is 1.49. The van der Waals surface area contributed by atoms with Crippen LogP contribution >= 0.6 is 0 Å². The number of hydrogen-bond acceptors (Lipinski definition) is 4. The lowest BCUT2D eigenvalue weighted by atomic mass is 10.0. The molecule has 0 aliphatic heterocycles. The van der Waals surface area contributed by atoms with Crippen molar-refractivity contribution in [1.82, 2.24) is 0 Å². The van der Waals surface area contributed by atoms with E-state index < -0.39 is 34.9 Å². The van der Waals surface area contributed by atoms with E-state index >= 15 is 0 Å². The molecular weight excluding hydrogens is 565 g/mol. The maximum absolute atomic E-state index is 14.4. The lowest BCUT2D eigenvalue weighted by Gasteiger charge is -2.12. The van der Waals surface area contributed by atoms with Gasteiger partial charge in [0, 0.05) is 6.07 Å². The Kier molecular flexibility index (Phi) is 15.7. The SMILES string of the molecule is CCCCCCCCCCOc1ccc(-c2ccc(C(=O)Oc3cc(OCCCCCCCC)c(F)c(F)c3F)cc2)cc1. The number of carbonyl (C=O) groups is 1. The monoisotopic (exact) mass is 612 g/mol. The zero-order chi connectivity index (χ0) is 31.6. The van der Waals surface area contributed by atoms with Gasteiger partial charge in [-0.2, -0.15) is 8.78 Å². The van der Waals surface area contributed by atoms with Gasteiger partial charge in [-0.15, -0.1) is 0 Å². The van der Waals surface area contributed by atoms with Gasteiger partial charge in [0.1, 0.15) is 5.75 Å². The van der Waals surface area contributed by atoms with E-state index in [1.165, 1.54) is 57.1 Å². The van der Waals surface area contributed by atoms with Crippen molar-refractivity contribution in [1.29, 1.82) is 0 Å². The fraction of sp³-hybridized carbons (Fsp3) is 0.486. The Hall–Kier alpha value is -3.48. The van der Waals surface area contributed by atoms with Crippen LogP contribution in [0.5, 0.6) is 17.2 Å². The number of benzene rings is 3. The van der Waals surface area contributed by atoms with Crippen LogP contribution in [0.2, 0.25) is 0 Å². The van der Waals surface area contributed by atoms with Gasteiger partial charge < -0.3 is 14.2 Å². The van der Waals surface area contributed by atoms with Crippen LogP contribution in [0.3, 0.4) is 0 Å². The molecule has 0 heterocycles. The Bertz CT molecular complexity index is 1260. The topological polar surface area (TPSA) is 44.8 Å². The molecule has 3 aromatic rings. The molecule has 240 valence electrons. The molecule has 0 atom stereocenters. The first-order valence-corrected chi connectivity index (χ1v) is 16.3. The fourth-order valence-corrected chi connectivity index (χ4v) is 4.93. The van der Waals surface area contributed by atoms with E-state index in [-0.39, 0.29) is 12.2 Å². The van der Waals surface area contributed by atoms with Crippen molar-refractivity contribution in [3.8, 4) is 28.4 Å². The molecule has 3 aromatic carbocycles. The third-order valence-corrected chi connectivity index (χ3v) is 7.61. The predicted octanol–water partition coefficient (Wildman–Crippen LogP) is 11.2. The second kappa shape index (κ2) is 19.7. The molecule has 0 aliphatic rings. The molecule has 0 aromatic heterocycles. The first-order valence-electron chi connectivity index (χ1n) is 16.3. The zero-order valence-corrected chi connectivity index (χ0v) is 26.3. The minimum absolute atomic E-state index is 0.137. The number of halogens is 3. The van der Waals surface area contributed by atoms with Crippen LogP contribution in [0.1, 0.15) is 114 Å². The van der Waals surface area contributed by atoms with Crippen molar-refractivity contribution in [3.05, 3.63) is 77.6 Å². The quantitative estimate of drug-likeness (QED) is 0.0520. The van der Waals surface area contributed by atoms with Crippen molar-refractivity contribution >= 4 is 5.97 Å².